The number of halogens is 3. The molecule has 3 N–H and O–H groups in total. The molecule has 3 aromatic rings. The summed E-state index contributed by atoms with van der Waals surface area (Å²) in [4.78, 5) is 26.9. The highest BCUT2D eigenvalue weighted by molar-refractivity contribution is 7.98. The van der Waals surface area contributed by atoms with Crippen molar-refractivity contribution in [3.8, 4) is 5.75 Å². The highest BCUT2D eigenvalue weighted by Gasteiger charge is 2.43. The van der Waals surface area contributed by atoms with Gasteiger partial charge < -0.3 is 15.8 Å². The summed E-state index contributed by atoms with van der Waals surface area (Å²) in [5, 5.41) is 10.2. The van der Waals surface area contributed by atoms with Crippen LogP contribution < -0.4 is 11.3 Å². The predicted octanol–water partition coefficient (Wildman–Crippen LogP) is 4.80. The predicted molar refractivity (Wildman–Crippen MR) is 133 cm³/mol. The summed E-state index contributed by atoms with van der Waals surface area (Å²) in [6.07, 6.45) is -3.50. The molecular weight excluding hydrogens is 491 g/mol. The van der Waals surface area contributed by atoms with Crippen molar-refractivity contribution in [3.05, 3.63) is 92.9 Å². The number of aromatic nitrogens is 1. The number of nitrogen functional groups attached to an aromatic ring is 1. The molecule has 0 spiro atoms. The lowest BCUT2D eigenvalue weighted by atomic mass is 9.83. The number of amides is 1. The van der Waals surface area contributed by atoms with Gasteiger partial charge in [0.05, 0.1) is 0 Å². The summed E-state index contributed by atoms with van der Waals surface area (Å²) in [5.74, 6) is 4.05. The van der Waals surface area contributed by atoms with Gasteiger partial charge in [-0.3, -0.25) is 14.3 Å². The normalized spacial score (nSPS) is 16.0. The third-order valence-corrected chi connectivity index (χ3v) is 7.74. The fourth-order valence-corrected chi connectivity index (χ4v) is 5.80. The molecule has 1 aliphatic rings. The Labute approximate surface area is 210 Å². The van der Waals surface area contributed by atoms with E-state index >= 15 is 0 Å². The Bertz CT molecular complexity index is 1360. The van der Waals surface area contributed by atoms with Gasteiger partial charge in [-0.05, 0) is 48.6 Å². The van der Waals surface area contributed by atoms with Crippen molar-refractivity contribution in [1.82, 2.24) is 9.58 Å². The summed E-state index contributed by atoms with van der Waals surface area (Å²) in [6.45, 7) is 2.58. The number of carbonyl (C=O) groups is 1. The van der Waals surface area contributed by atoms with Gasteiger partial charge in [-0.15, -0.1) is 11.8 Å². The van der Waals surface area contributed by atoms with Crippen LogP contribution in [0.25, 0.3) is 0 Å². The van der Waals surface area contributed by atoms with E-state index in [9.17, 15) is 27.9 Å². The third-order valence-electron chi connectivity index (χ3n) is 6.61. The van der Waals surface area contributed by atoms with Crippen LogP contribution in [-0.2, 0) is 5.75 Å². The van der Waals surface area contributed by atoms with E-state index in [1.807, 2.05) is 49.4 Å². The highest BCUT2D eigenvalue weighted by atomic mass is 32.2. The SMILES string of the molecule is Cc1cccc2c1[C@H](CCN(C(=O)c1c(O)c(=O)ccn1N)[C@H](C)C(F)(F)F)c1ccccc1SC2. The van der Waals surface area contributed by atoms with Gasteiger partial charge in [-0.2, -0.15) is 13.2 Å². The minimum absolute atomic E-state index is 0.198. The maximum atomic E-state index is 13.9. The Kier molecular flexibility index (Phi) is 7.08. The molecule has 6 nitrogen and oxygen atoms in total. The molecule has 4 rings (SSSR count). The van der Waals surface area contributed by atoms with Crippen molar-refractivity contribution < 1.29 is 23.1 Å². The molecule has 1 amide bonds. The van der Waals surface area contributed by atoms with Crippen LogP contribution in [0.5, 0.6) is 5.75 Å². The lowest BCUT2D eigenvalue weighted by Gasteiger charge is -2.33. The van der Waals surface area contributed by atoms with Gasteiger partial charge >= 0.3 is 6.18 Å². The number of rotatable bonds is 5. The van der Waals surface area contributed by atoms with E-state index in [4.69, 9.17) is 5.84 Å². The van der Waals surface area contributed by atoms with E-state index in [0.717, 1.165) is 52.1 Å². The van der Waals surface area contributed by atoms with Crippen molar-refractivity contribution >= 4 is 17.7 Å². The van der Waals surface area contributed by atoms with E-state index in [0.29, 0.717) is 9.58 Å². The smallest absolute Gasteiger partial charge is 0.408 e. The average molecular weight is 518 g/mol. The molecule has 0 saturated heterocycles. The molecule has 0 unspecified atom stereocenters. The lowest BCUT2D eigenvalue weighted by Crippen LogP contribution is -2.49. The summed E-state index contributed by atoms with van der Waals surface area (Å²) in [6, 6.07) is 12.5. The van der Waals surface area contributed by atoms with Crippen LogP contribution in [0.15, 0.2) is 64.4 Å². The molecule has 2 atom stereocenters. The fourth-order valence-electron chi connectivity index (χ4n) is 4.68. The first-order valence-corrected chi connectivity index (χ1v) is 12.4. The van der Waals surface area contributed by atoms with Crippen molar-refractivity contribution in [2.75, 3.05) is 12.4 Å². The second kappa shape index (κ2) is 9.93. The second-order valence-electron chi connectivity index (χ2n) is 8.82. The maximum absolute atomic E-state index is 13.9. The molecule has 0 radical (unpaired) electrons. The van der Waals surface area contributed by atoms with E-state index in [1.54, 1.807) is 11.8 Å². The molecule has 10 heteroatoms. The van der Waals surface area contributed by atoms with Gasteiger partial charge in [-0.25, -0.2) is 0 Å². The second-order valence-corrected chi connectivity index (χ2v) is 9.83. The minimum atomic E-state index is -4.73. The van der Waals surface area contributed by atoms with Gasteiger partial charge in [0.25, 0.3) is 5.91 Å². The highest BCUT2D eigenvalue weighted by Crippen LogP contribution is 2.43. The summed E-state index contributed by atoms with van der Waals surface area (Å²) in [7, 11) is 0. The zero-order chi connectivity index (χ0) is 26.2. The molecule has 1 aromatic heterocycles. The minimum Gasteiger partial charge on any atom is -0.502 e. The quantitative estimate of drug-likeness (QED) is 0.475. The Morgan fingerprint density at radius 2 is 1.94 bits per heavy atom. The van der Waals surface area contributed by atoms with Crippen molar-refractivity contribution in [3.63, 3.8) is 0 Å². The first kappa shape index (κ1) is 25.7. The van der Waals surface area contributed by atoms with Crippen LogP contribution in [0.3, 0.4) is 0 Å². The molecule has 0 saturated carbocycles. The number of aryl methyl sites for hydroxylation is 1. The Morgan fingerprint density at radius 3 is 2.67 bits per heavy atom. The van der Waals surface area contributed by atoms with Crippen LogP contribution in [0.4, 0.5) is 13.2 Å². The first-order valence-electron chi connectivity index (χ1n) is 11.4. The molecule has 0 aliphatic carbocycles. The van der Waals surface area contributed by atoms with Crippen molar-refractivity contribution in [2.45, 2.75) is 49.1 Å². The number of aromatic hydroxyl groups is 1. The number of alkyl halides is 3. The topological polar surface area (TPSA) is 88.6 Å². The number of fused-ring (bicyclic) bond motifs is 2. The number of nitrogens with two attached hydrogens (primary N) is 1. The van der Waals surface area contributed by atoms with Crippen LogP contribution in [-0.4, -0.2) is 39.4 Å². The molecule has 2 heterocycles. The summed E-state index contributed by atoms with van der Waals surface area (Å²) >= 11 is 1.67. The lowest BCUT2D eigenvalue weighted by molar-refractivity contribution is -0.172. The van der Waals surface area contributed by atoms with Crippen LogP contribution in [0, 0.1) is 6.92 Å². The number of carbonyl (C=O) groups excluding carboxylic acids is 1. The molecule has 190 valence electrons. The fraction of sp³-hybridized carbons (Fsp3) is 0.308. The molecule has 0 fully saturated rings. The van der Waals surface area contributed by atoms with Gasteiger partial charge in [0.2, 0.25) is 5.43 Å². The van der Waals surface area contributed by atoms with E-state index in [-0.39, 0.29) is 18.9 Å². The number of nitrogens with zero attached hydrogens (tertiary/aromatic N) is 2. The monoisotopic (exact) mass is 517 g/mol. The van der Waals surface area contributed by atoms with Crippen LogP contribution >= 0.6 is 11.8 Å². The zero-order valence-corrected chi connectivity index (χ0v) is 20.6. The van der Waals surface area contributed by atoms with Gasteiger partial charge in [-0.1, -0.05) is 36.4 Å². The Balaban J connectivity index is 1.77. The van der Waals surface area contributed by atoms with Gasteiger partial charge in [0.1, 0.15) is 6.04 Å². The number of benzene rings is 2. The van der Waals surface area contributed by atoms with Crippen molar-refractivity contribution in [1.29, 1.82) is 0 Å². The average Bonchev–Trinajstić information content (AvgIpc) is 2.99. The molecule has 36 heavy (non-hydrogen) atoms. The number of hydrogen-bond acceptors (Lipinski definition) is 5. The Morgan fingerprint density at radius 1 is 1.22 bits per heavy atom. The summed E-state index contributed by atoms with van der Waals surface area (Å²) in [5.41, 5.74) is 2.56. The number of hydrogen-bond donors (Lipinski definition) is 2. The van der Waals surface area contributed by atoms with E-state index < -0.39 is 35.0 Å². The molecular formula is C26H26F3N3O3S. The standard InChI is InChI=1S/C26H26F3N3O3S/c1-15-6-5-7-17-14-36-21-9-4-3-8-18(21)19(22(15)17)10-12-31(16(2)26(27,28)29)25(35)23-24(34)20(33)11-13-32(23)30/h3-9,11,13,16,19,34H,10,12,14,30H2,1-2H3/t16-,19-/m1/s1. The largest absolute Gasteiger partial charge is 0.502 e. The number of pyridine rings is 1. The van der Waals surface area contributed by atoms with E-state index in [1.165, 1.54) is 0 Å². The summed E-state index contributed by atoms with van der Waals surface area (Å²) < 4.78 is 42.3. The third kappa shape index (κ3) is 4.82. The maximum Gasteiger partial charge on any atom is 0.408 e. The van der Waals surface area contributed by atoms with Crippen LogP contribution in [0.1, 0.15) is 52.0 Å². The molecule has 2 aromatic carbocycles. The van der Waals surface area contributed by atoms with E-state index in [2.05, 4.69) is 0 Å². The van der Waals surface area contributed by atoms with Crippen molar-refractivity contribution in [2.24, 2.45) is 0 Å². The number of thioether (sulfide) groups is 1. The first-order chi connectivity index (χ1) is 17.0. The Hall–Kier alpha value is -3.40. The molecule has 1 aliphatic heterocycles. The zero-order valence-electron chi connectivity index (χ0n) is 19.7. The van der Waals surface area contributed by atoms with Gasteiger partial charge in [0.15, 0.2) is 11.4 Å². The van der Waals surface area contributed by atoms with Gasteiger partial charge in [0, 0.05) is 35.4 Å². The molecule has 0 bridgehead atoms. The van der Waals surface area contributed by atoms with Crippen LogP contribution in [0.2, 0.25) is 0 Å².